The number of likely N-dealkylation sites (tertiary alicyclic amines) is 1. The summed E-state index contributed by atoms with van der Waals surface area (Å²) in [5, 5.41) is 0. The second kappa shape index (κ2) is 5.46. The summed E-state index contributed by atoms with van der Waals surface area (Å²) in [5.74, 6) is -0.00390. The Kier molecular flexibility index (Phi) is 4.06. The molecule has 2 bridgehead atoms. The number of amides is 1. The fourth-order valence-electron chi connectivity index (χ4n) is 2.87. The molecule has 1 saturated carbocycles. The zero-order valence-corrected chi connectivity index (χ0v) is 12.6. The van der Waals surface area contributed by atoms with Gasteiger partial charge in [0.25, 0.3) is 0 Å². The molecule has 0 N–H and O–H groups in total. The fraction of sp³-hybridized carbons (Fsp3) is 0.733. The number of hydrogen-bond donors (Lipinski definition) is 0. The van der Waals surface area contributed by atoms with Crippen molar-refractivity contribution in [3.05, 3.63) is 11.6 Å². The smallest absolute Gasteiger partial charge is 0.410 e. The number of carbonyl (C=O) groups excluding carboxylic acids is 2. The van der Waals surface area contributed by atoms with E-state index in [4.69, 9.17) is 9.47 Å². The van der Waals surface area contributed by atoms with Crippen molar-refractivity contribution in [3.63, 3.8) is 0 Å². The Morgan fingerprint density at radius 3 is 2.60 bits per heavy atom. The van der Waals surface area contributed by atoms with Crippen LogP contribution in [0.4, 0.5) is 4.79 Å². The van der Waals surface area contributed by atoms with Crippen LogP contribution in [0.15, 0.2) is 11.6 Å². The minimum Gasteiger partial charge on any atom is -0.463 e. The highest BCUT2D eigenvalue weighted by molar-refractivity contribution is 5.83. The number of rotatable bonds is 2. The summed E-state index contributed by atoms with van der Waals surface area (Å²) in [4.78, 5) is 25.3. The van der Waals surface area contributed by atoms with E-state index in [1.807, 2.05) is 20.8 Å². The van der Waals surface area contributed by atoms with Crippen molar-refractivity contribution in [3.8, 4) is 0 Å². The van der Waals surface area contributed by atoms with Crippen LogP contribution >= 0.6 is 0 Å². The van der Waals surface area contributed by atoms with Gasteiger partial charge in [0, 0.05) is 24.6 Å². The molecule has 0 aromatic rings. The second-order valence-electron chi connectivity index (χ2n) is 6.39. The Bertz CT molecular complexity index is 436. The summed E-state index contributed by atoms with van der Waals surface area (Å²) in [6.45, 7) is 8.43. The van der Waals surface area contributed by atoms with Gasteiger partial charge in [-0.1, -0.05) is 5.57 Å². The number of ether oxygens (including phenoxy) is 2. The minimum atomic E-state index is -0.470. The molecule has 1 heterocycles. The van der Waals surface area contributed by atoms with E-state index >= 15 is 0 Å². The van der Waals surface area contributed by atoms with Gasteiger partial charge in [-0.3, -0.25) is 0 Å². The Morgan fingerprint density at radius 2 is 2.10 bits per heavy atom. The molecule has 0 spiro atoms. The van der Waals surface area contributed by atoms with Gasteiger partial charge >= 0.3 is 12.1 Å². The maximum absolute atomic E-state index is 12.1. The molecule has 112 valence electrons. The lowest BCUT2D eigenvalue weighted by Gasteiger charge is -2.30. The minimum absolute atomic E-state index is 0.163. The fourth-order valence-corrected chi connectivity index (χ4v) is 2.87. The van der Waals surface area contributed by atoms with E-state index in [1.165, 1.54) is 0 Å². The molecule has 5 nitrogen and oxygen atoms in total. The van der Waals surface area contributed by atoms with Gasteiger partial charge in [-0.25, -0.2) is 9.59 Å². The predicted octanol–water partition coefficient (Wildman–Crippen LogP) is 2.51. The topological polar surface area (TPSA) is 55.8 Å². The molecule has 0 radical (unpaired) electrons. The van der Waals surface area contributed by atoms with Crippen molar-refractivity contribution < 1.29 is 19.1 Å². The maximum Gasteiger partial charge on any atom is 0.410 e. The normalized spacial score (nSPS) is 27.0. The summed E-state index contributed by atoms with van der Waals surface area (Å²) in [6, 6.07) is 0.163. The molecule has 0 aromatic heterocycles. The molecule has 1 aliphatic carbocycles. The van der Waals surface area contributed by atoms with Crippen LogP contribution in [-0.4, -0.2) is 41.8 Å². The zero-order valence-electron chi connectivity index (χ0n) is 12.6. The zero-order chi connectivity index (χ0) is 14.9. The molecule has 5 heteroatoms. The van der Waals surface area contributed by atoms with E-state index in [-0.39, 0.29) is 24.0 Å². The first-order valence-corrected chi connectivity index (χ1v) is 7.17. The van der Waals surface area contributed by atoms with E-state index in [9.17, 15) is 9.59 Å². The third-order valence-corrected chi connectivity index (χ3v) is 3.63. The van der Waals surface area contributed by atoms with Gasteiger partial charge in [0.2, 0.25) is 0 Å². The molecule has 1 amide bonds. The van der Waals surface area contributed by atoms with E-state index in [0.29, 0.717) is 13.2 Å². The van der Waals surface area contributed by atoms with Gasteiger partial charge in [0.05, 0.1) is 6.61 Å². The summed E-state index contributed by atoms with van der Waals surface area (Å²) >= 11 is 0. The lowest BCUT2D eigenvalue weighted by molar-refractivity contribution is -0.137. The molecule has 1 saturated heterocycles. The summed E-state index contributed by atoms with van der Waals surface area (Å²) in [7, 11) is 0. The Morgan fingerprint density at radius 1 is 1.40 bits per heavy atom. The molecule has 2 aliphatic rings. The van der Waals surface area contributed by atoms with E-state index in [1.54, 1.807) is 17.9 Å². The largest absolute Gasteiger partial charge is 0.463 e. The molecule has 2 fully saturated rings. The van der Waals surface area contributed by atoms with Crippen molar-refractivity contribution in [2.24, 2.45) is 5.92 Å². The molecular formula is C15H23NO4. The van der Waals surface area contributed by atoms with Gasteiger partial charge in [0.1, 0.15) is 5.60 Å². The molecule has 20 heavy (non-hydrogen) atoms. The predicted molar refractivity (Wildman–Crippen MR) is 74.2 cm³/mol. The number of hydrogen-bond acceptors (Lipinski definition) is 4. The van der Waals surface area contributed by atoms with Crippen LogP contribution in [0.5, 0.6) is 0 Å². The quantitative estimate of drug-likeness (QED) is 0.576. The van der Waals surface area contributed by atoms with Gasteiger partial charge in [-0.05, 0) is 40.5 Å². The lowest BCUT2D eigenvalue weighted by Crippen LogP contribution is -2.41. The third kappa shape index (κ3) is 3.32. The molecule has 2 unspecified atom stereocenters. The first kappa shape index (κ1) is 14.9. The van der Waals surface area contributed by atoms with Crippen LogP contribution in [0.25, 0.3) is 0 Å². The third-order valence-electron chi connectivity index (χ3n) is 3.63. The van der Waals surface area contributed by atoms with Gasteiger partial charge in [-0.2, -0.15) is 0 Å². The highest BCUT2D eigenvalue weighted by Crippen LogP contribution is 2.42. The molecular weight excluding hydrogens is 258 g/mol. The molecule has 0 aromatic carbocycles. The van der Waals surface area contributed by atoms with Crippen LogP contribution in [0, 0.1) is 5.92 Å². The highest BCUT2D eigenvalue weighted by atomic mass is 16.6. The van der Waals surface area contributed by atoms with Crippen molar-refractivity contribution in [2.45, 2.75) is 52.2 Å². The number of fused-ring (bicyclic) bond motifs is 2. The Hall–Kier alpha value is -1.52. The number of nitrogens with zero attached hydrogens (tertiary/aromatic N) is 1. The number of carbonyl (C=O) groups is 2. The molecule has 2 atom stereocenters. The van der Waals surface area contributed by atoms with E-state index in [2.05, 4.69) is 0 Å². The average molecular weight is 281 g/mol. The summed E-state index contributed by atoms with van der Waals surface area (Å²) < 4.78 is 10.3. The van der Waals surface area contributed by atoms with Crippen LogP contribution in [0.3, 0.4) is 0 Å². The van der Waals surface area contributed by atoms with Crippen molar-refractivity contribution >= 4 is 12.1 Å². The standard InChI is InChI=1S/C15H23NO4/c1-5-19-13(17)8-10-6-12-7-11(10)9-16(12)14(18)20-15(2,3)4/h8,11-12H,5-7,9H2,1-4H3/b10-8-. The van der Waals surface area contributed by atoms with Crippen molar-refractivity contribution in [2.75, 3.05) is 13.2 Å². The van der Waals surface area contributed by atoms with Crippen molar-refractivity contribution in [1.29, 1.82) is 0 Å². The maximum atomic E-state index is 12.1. The summed E-state index contributed by atoms with van der Waals surface area (Å²) in [6.07, 6.45) is 3.02. The number of piperidine rings is 1. The van der Waals surface area contributed by atoms with Crippen LogP contribution in [0.1, 0.15) is 40.5 Å². The van der Waals surface area contributed by atoms with Gasteiger partial charge < -0.3 is 14.4 Å². The SMILES string of the molecule is CCOC(=O)/C=C1/CC2CC1CN2C(=O)OC(C)(C)C. The monoisotopic (exact) mass is 281 g/mol. The second-order valence-corrected chi connectivity index (χ2v) is 6.39. The highest BCUT2D eigenvalue weighted by Gasteiger charge is 2.44. The van der Waals surface area contributed by atoms with Gasteiger partial charge in [0.15, 0.2) is 0 Å². The van der Waals surface area contributed by atoms with E-state index in [0.717, 1.165) is 18.4 Å². The average Bonchev–Trinajstić information content (AvgIpc) is 2.85. The molecule has 1 aliphatic heterocycles. The lowest BCUT2D eigenvalue weighted by atomic mass is 10.0. The van der Waals surface area contributed by atoms with Gasteiger partial charge in [-0.15, -0.1) is 0 Å². The van der Waals surface area contributed by atoms with Crippen molar-refractivity contribution in [1.82, 2.24) is 4.90 Å². The summed E-state index contributed by atoms with van der Waals surface area (Å²) in [5.41, 5.74) is 0.635. The Balaban J connectivity index is 1.95. The van der Waals surface area contributed by atoms with Crippen LogP contribution in [0.2, 0.25) is 0 Å². The number of esters is 1. The van der Waals surface area contributed by atoms with E-state index < -0.39 is 5.60 Å². The molecule has 2 rings (SSSR count). The van der Waals surface area contributed by atoms with Crippen LogP contribution < -0.4 is 0 Å². The van der Waals surface area contributed by atoms with Crippen LogP contribution in [-0.2, 0) is 14.3 Å². The first-order chi connectivity index (χ1) is 9.30. The first-order valence-electron chi connectivity index (χ1n) is 7.17. The Labute approximate surface area is 119 Å².